The molecule has 4 bridgehead atoms. The van der Waals surface area contributed by atoms with Crippen LogP contribution in [0.2, 0.25) is 0 Å². The summed E-state index contributed by atoms with van der Waals surface area (Å²) in [6.07, 6.45) is 4.94. The Bertz CT molecular complexity index is 1120. The molecule has 6 aliphatic rings. The molecule has 36 heavy (non-hydrogen) atoms. The monoisotopic (exact) mass is 488 g/mol. The van der Waals surface area contributed by atoms with Crippen LogP contribution in [0.25, 0.3) is 0 Å². The first kappa shape index (κ1) is 22.4. The third-order valence-corrected chi connectivity index (χ3v) is 9.32. The number of rotatable bonds is 3. The summed E-state index contributed by atoms with van der Waals surface area (Å²) >= 11 is 0. The summed E-state index contributed by atoms with van der Waals surface area (Å²) in [6, 6.07) is 17.2. The lowest BCUT2D eigenvalue weighted by Crippen LogP contribution is -2.63. The molecule has 1 saturated heterocycles. The van der Waals surface area contributed by atoms with Crippen LogP contribution < -0.4 is 20.0 Å². The lowest BCUT2D eigenvalue weighted by atomic mass is 9.52. The van der Waals surface area contributed by atoms with E-state index in [4.69, 9.17) is 4.74 Å². The van der Waals surface area contributed by atoms with Gasteiger partial charge >= 0.3 is 6.03 Å². The number of hydrogen-bond acceptors (Lipinski definition) is 5. The minimum absolute atomic E-state index is 0.00855. The highest BCUT2D eigenvalue weighted by Gasteiger charge is 2.55. The van der Waals surface area contributed by atoms with E-state index in [-0.39, 0.29) is 12.1 Å². The fourth-order valence-electron chi connectivity index (χ4n) is 7.94. The second-order valence-corrected chi connectivity index (χ2v) is 11.6. The zero-order chi connectivity index (χ0) is 24.3. The maximum Gasteiger partial charge on any atom is 0.322 e. The molecule has 2 aliphatic heterocycles. The molecule has 8 rings (SSSR count). The van der Waals surface area contributed by atoms with Crippen molar-refractivity contribution in [1.82, 2.24) is 5.32 Å². The normalized spacial score (nSPS) is 33.0. The number of urea groups is 1. The van der Waals surface area contributed by atoms with Crippen molar-refractivity contribution in [2.24, 2.45) is 17.8 Å². The van der Waals surface area contributed by atoms with Gasteiger partial charge in [0.15, 0.2) is 0 Å². The van der Waals surface area contributed by atoms with Gasteiger partial charge in [0.25, 0.3) is 0 Å². The van der Waals surface area contributed by atoms with E-state index < -0.39 is 5.60 Å². The number of carbonyl (C=O) groups excluding carboxylic acids is 1. The highest BCUT2D eigenvalue weighted by atomic mass is 16.5. The Hall–Kier alpha value is -2.77. The van der Waals surface area contributed by atoms with Gasteiger partial charge in [0.2, 0.25) is 0 Å². The fourth-order valence-corrected chi connectivity index (χ4v) is 7.94. The molecular formula is C29H36N4O3. The zero-order valence-corrected chi connectivity index (χ0v) is 20.8. The van der Waals surface area contributed by atoms with Crippen molar-refractivity contribution < 1.29 is 14.6 Å². The molecule has 2 heterocycles. The molecule has 2 unspecified atom stereocenters. The van der Waals surface area contributed by atoms with E-state index in [0.717, 1.165) is 82.0 Å². The van der Waals surface area contributed by atoms with Crippen LogP contribution >= 0.6 is 0 Å². The van der Waals surface area contributed by atoms with E-state index in [1.165, 1.54) is 5.69 Å². The number of fused-ring (bicyclic) bond motifs is 1. The fraction of sp³-hybridized carbons (Fsp3) is 0.552. The number of nitrogens with zero attached hydrogens (tertiary/aromatic N) is 3. The van der Waals surface area contributed by atoms with Crippen molar-refractivity contribution in [1.29, 1.82) is 0 Å². The van der Waals surface area contributed by atoms with Crippen LogP contribution in [0.3, 0.4) is 0 Å². The SMILES string of the molecule is O=C(NC1C2CC3CC1CC(O)(C3)C2)N1CCN(c2ccc(N3CCOCC3)cc2)c2ccccc21. The lowest BCUT2D eigenvalue weighted by molar-refractivity contribution is -0.136. The van der Waals surface area contributed by atoms with Gasteiger partial charge in [-0.2, -0.15) is 0 Å². The van der Waals surface area contributed by atoms with Gasteiger partial charge in [-0.3, -0.25) is 4.90 Å². The standard InChI is InChI=1S/C29H36N4O3/c34-28(30-27-21-15-20-16-22(27)19-29(35,17-20)18-21)33-10-9-32(25-3-1-2-4-26(25)33)24-7-5-23(6-8-24)31-11-13-36-14-12-31/h1-8,20-22,27,35H,9-19H2,(H,30,34). The maximum absolute atomic E-state index is 13.6. The quantitative estimate of drug-likeness (QED) is 0.680. The van der Waals surface area contributed by atoms with Gasteiger partial charge in [-0.15, -0.1) is 0 Å². The Morgan fingerprint density at radius 1 is 0.861 bits per heavy atom. The smallest absolute Gasteiger partial charge is 0.322 e. The highest BCUT2D eigenvalue weighted by Crippen LogP contribution is 2.55. The Morgan fingerprint density at radius 2 is 1.53 bits per heavy atom. The molecule has 190 valence electrons. The molecule has 7 heteroatoms. The van der Waals surface area contributed by atoms with Crippen LogP contribution in [0.1, 0.15) is 32.1 Å². The second-order valence-electron chi connectivity index (χ2n) is 11.6. The summed E-state index contributed by atoms with van der Waals surface area (Å²) < 4.78 is 5.49. The van der Waals surface area contributed by atoms with Crippen molar-refractivity contribution in [3.63, 3.8) is 0 Å². The minimum atomic E-state index is -0.479. The van der Waals surface area contributed by atoms with E-state index in [1.54, 1.807) is 0 Å². The number of amides is 2. The average Bonchev–Trinajstić information content (AvgIpc) is 2.90. The topological polar surface area (TPSA) is 68.3 Å². The lowest BCUT2D eigenvalue weighted by Gasteiger charge is -2.58. The van der Waals surface area contributed by atoms with Gasteiger partial charge in [0.1, 0.15) is 0 Å². The molecular weight excluding hydrogens is 452 g/mol. The Labute approximate surface area is 213 Å². The zero-order valence-electron chi connectivity index (χ0n) is 20.8. The van der Waals surface area contributed by atoms with Gasteiger partial charge in [-0.05, 0) is 86.3 Å². The van der Waals surface area contributed by atoms with E-state index in [9.17, 15) is 9.90 Å². The van der Waals surface area contributed by atoms with E-state index >= 15 is 0 Å². The second kappa shape index (κ2) is 8.67. The van der Waals surface area contributed by atoms with Gasteiger partial charge in [0.05, 0.1) is 30.2 Å². The molecule has 2 atom stereocenters. The summed E-state index contributed by atoms with van der Waals surface area (Å²) in [7, 11) is 0. The van der Waals surface area contributed by atoms with Crippen molar-refractivity contribution in [3.05, 3.63) is 48.5 Å². The van der Waals surface area contributed by atoms with Gasteiger partial charge in [-0.25, -0.2) is 4.79 Å². The average molecular weight is 489 g/mol. The number of carbonyl (C=O) groups is 1. The molecule has 2 aromatic rings. The number of para-hydroxylation sites is 2. The van der Waals surface area contributed by atoms with Crippen LogP contribution in [-0.2, 0) is 4.74 Å². The number of nitrogens with one attached hydrogen (secondary N) is 1. The van der Waals surface area contributed by atoms with Crippen molar-refractivity contribution in [2.45, 2.75) is 43.7 Å². The largest absolute Gasteiger partial charge is 0.390 e. The first-order valence-corrected chi connectivity index (χ1v) is 13.7. The third-order valence-electron chi connectivity index (χ3n) is 9.32. The molecule has 2 N–H and O–H groups in total. The van der Waals surface area contributed by atoms with E-state index in [1.807, 2.05) is 17.0 Å². The van der Waals surface area contributed by atoms with Crippen molar-refractivity contribution in [3.8, 4) is 0 Å². The summed E-state index contributed by atoms with van der Waals surface area (Å²) in [5.74, 6) is 1.46. The predicted molar refractivity (Wildman–Crippen MR) is 141 cm³/mol. The Kier molecular flexibility index (Phi) is 5.40. The summed E-state index contributed by atoms with van der Waals surface area (Å²) in [5.41, 5.74) is 3.92. The first-order chi connectivity index (χ1) is 17.6. The number of ether oxygens (including phenoxy) is 1. The molecule has 7 nitrogen and oxygen atoms in total. The molecule has 2 aromatic carbocycles. The first-order valence-electron chi connectivity index (χ1n) is 13.7. The summed E-state index contributed by atoms with van der Waals surface area (Å²) in [4.78, 5) is 20.2. The number of aliphatic hydroxyl groups is 1. The number of morpholine rings is 1. The minimum Gasteiger partial charge on any atom is -0.390 e. The van der Waals surface area contributed by atoms with Crippen LogP contribution in [0.5, 0.6) is 0 Å². The number of anilines is 4. The Balaban J connectivity index is 1.09. The molecule has 4 aliphatic carbocycles. The molecule has 2 amide bonds. The molecule has 0 radical (unpaired) electrons. The van der Waals surface area contributed by atoms with Gasteiger partial charge < -0.3 is 25.0 Å². The molecule has 0 aromatic heterocycles. The van der Waals surface area contributed by atoms with Crippen LogP contribution in [0.4, 0.5) is 27.5 Å². The molecule has 5 fully saturated rings. The maximum atomic E-state index is 13.6. The van der Waals surface area contributed by atoms with Crippen LogP contribution in [0, 0.1) is 17.8 Å². The highest BCUT2D eigenvalue weighted by molar-refractivity contribution is 5.98. The van der Waals surface area contributed by atoms with Crippen LogP contribution in [0.15, 0.2) is 48.5 Å². The van der Waals surface area contributed by atoms with E-state index in [0.29, 0.717) is 24.3 Å². The Morgan fingerprint density at radius 3 is 2.22 bits per heavy atom. The van der Waals surface area contributed by atoms with Crippen molar-refractivity contribution >= 4 is 28.8 Å². The predicted octanol–water partition coefficient (Wildman–Crippen LogP) is 4.13. The third kappa shape index (κ3) is 3.84. The number of hydrogen-bond donors (Lipinski definition) is 2. The van der Waals surface area contributed by atoms with Crippen molar-refractivity contribution in [2.75, 3.05) is 54.1 Å². The van der Waals surface area contributed by atoms with Crippen LogP contribution in [-0.4, -0.2) is 62.2 Å². The van der Waals surface area contributed by atoms with Gasteiger partial charge in [0, 0.05) is 43.6 Å². The molecule has 4 saturated carbocycles. The molecule has 0 spiro atoms. The van der Waals surface area contributed by atoms with E-state index in [2.05, 4.69) is 51.5 Å². The number of benzene rings is 2. The van der Waals surface area contributed by atoms with Gasteiger partial charge in [-0.1, -0.05) is 12.1 Å². The summed E-state index contributed by atoms with van der Waals surface area (Å²) in [6.45, 7) is 4.81. The summed E-state index contributed by atoms with van der Waals surface area (Å²) in [5, 5.41) is 14.4.